The van der Waals surface area contributed by atoms with Crippen LogP contribution in [0, 0.1) is 0 Å². The second-order valence-corrected chi connectivity index (χ2v) is 4.05. The first-order chi connectivity index (χ1) is 7.66. The van der Waals surface area contributed by atoms with Crippen molar-refractivity contribution in [3.63, 3.8) is 0 Å². The molecule has 82 valence electrons. The van der Waals surface area contributed by atoms with E-state index in [0.717, 1.165) is 4.47 Å². The average Bonchev–Trinajstić information content (AvgIpc) is 2.59. The fourth-order valence-corrected chi connectivity index (χ4v) is 1.70. The topological polar surface area (TPSA) is 59.8 Å². The molecule has 0 aromatic carbocycles. The summed E-state index contributed by atoms with van der Waals surface area (Å²) in [5.74, 6) is 0.267. The lowest BCUT2D eigenvalue weighted by Gasteiger charge is -2.01. The van der Waals surface area contributed by atoms with Gasteiger partial charge in [-0.05, 0) is 28.1 Å². The summed E-state index contributed by atoms with van der Waals surface area (Å²) in [4.78, 5) is 15.6. The summed E-state index contributed by atoms with van der Waals surface area (Å²) in [6.07, 6.45) is 4.89. The van der Waals surface area contributed by atoms with E-state index in [0.29, 0.717) is 11.4 Å². The van der Waals surface area contributed by atoms with Gasteiger partial charge in [-0.15, -0.1) is 0 Å². The Labute approximate surface area is 101 Å². The van der Waals surface area contributed by atoms with Gasteiger partial charge in [-0.2, -0.15) is 5.10 Å². The number of anilines is 1. The predicted octanol–water partition coefficient (Wildman–Crippen LogP) is 1.83. The number of nitrogens with one attached hydrogen (secondary N) is 1. The van der Waals surface area contributed by atoms with E-state index < -0.39 is 0 Å². The summed E-state index contributed by atoms with van der Waals surface area (Å²) < 4.78 is 2.36. The molecule has 0 atom stereocenters. The minimum atomic E-state index is -0.229. The SMILES string of the molecule is Cn1cc(Br)c(NC(=O)c2cccnc2)n1. The van der Waals surface area contributed by atoms with Gasteiger partial charge in [0.05, 0.1) is 10.0 Å². The van der Waals surface area contributed by atoms with Crippen LogP contribution in [0.2, 0.25) is 0 Å². The number of hydrogen-bond acceptors (Lipinski definition) is 3. The zero-order chi connectivity index (χ0) is 11.5. The standard InChI is InChI=1S/C10H9BrN4O/c1-15-6-8(11)9(14-15)13-10(16)7-3-2-4-12-5-7/h2-6H,1H3,(H,13,14,16). The normalized spacial score (nSPS) is 10.1. The number of aryl methyl sites for hydroxylation is 1. The van der Waals surface area contributed by atoms with Crippen molar-refractivity contribution in [3.05, 3.63) is 40.8 Å². The van der Waals surface area contributed by atoms with Gasteiger partial charge in [0.1, 0.15) is 0 Å². The van der Waals surface area contributed by atoms with Crippen molar-refractivity contribution in [2.75, 3.05) is 5.32 Å². The highest BCUT2D eigenvalue weighted by Crippen LogP contribution is 2.19. The summed E-state index contributed by atoms with van der Waals surface area (Å²) in [5, 5.41) is 6.78. The highest BCUT2D eigenvalue weighted by molar-refractivity contribution is 9.10. The molecule has 0 unspecified atom stereocenters. The second-order valence-electron chi connectivity index (χ2n) is 3.20. The van der Waals surface area contributed by atoms with E-state index >= 15 is 0 Å². The zero-order valence-corrected chi connectivity index (χ0v) is 10.1. The van der Waals surface area contributed by atoms with Crippen LogP contribution >= 0.6 is 15.9 Å². The first kappa shape index (κ1) is 10.8. The number of nitrogens with zero attached hydrogens (tertiary/aromatic N) is 3. The fourth-order valence-electron chi connectivity index (χ4n) is 1.22. The van der Waals surface area contributed by atoms with E-state index in [1.807, 2.05) is 0 Å². The molecule has 0 saturated carbocycles. The Bertz CT molecular complexity index is 509. The first-order valence-corrected chi connectivity index (χ1v) is 5.36. The number of rotatable bonds is 2. The van der Waals surface area contributed by atoms with Gasteiger partial charge in [0.25, 0.3) is 5.91 Å². The van der Waals surface area contributed by atoms with Crippen LogP contribution < -0.4 is 5.32 Å². The van der Waals surface area contributed by atoms with Gasteiger partial charge < -0.3 is 5.32 Å². The van der Waals surface area contributed by atoms with Crippen LogP contribution in [0.3, 0.4) is 0 Å². The molecule has 16 heavy (non-hydrogen) atoms. The molecule has 0 spiro atoms. The van der Waals surface area contributed by atoms with Crippen molar-refractivity contribution in [2.24, 2.45) is 7.05 Å². The Morgan fingerprint density at radius 2 is 2.38 bits per heavy atom. The van der Waals surface area contributed by atoms with Crippen LogP contribution in [0.15, 0.2) is 35.2 Å². The number of hydrogen-bond donors (Lipinski definition) is 1. The molecule has 0 radical (unpaired) electrons. The number of carbonyl (C=O) groups is 1. The maximum absolute atomic E-state index is 11.8. The Hall–Kier alpha value is -1.69. The van der Waals surface area contributed by atoms with Gasteiger partial charge in [-0.3, -0.25) is 14.5 Å². The van der Waals surface area contributed by atoms with E-state index in [-0.39, 0.29) is 5.91 Å². The second kappa shape index (κ2) is 4.44. The van der Waals surface area contributed by atoms with Crippen LogP contribution in [0.4, 0.5) is 5.82 Å². The van der Waals surface area contributed by atoms with Crippen LogP contribution in [0.1, 0.15) is 10.4 Å². The summed E-state index contributed by atoms with van der Waals surface area (Å²) in [6.45, 7) is 0. The summed E-state index contributed by atoms with van der Waals surface area (Å²) in [5.41, 5.74) is 0.500. The van der Waals surface area contributed by atoms with Crippen molar-refractivity contribution in [1.82, 2.24) is 14.8 Å². The molecule has 2 aromatic rings. The van der Waals surface area contributed by atoms with E-state index in [1.165, 1.54) is 6.20 Å². The van der Waals surface area contributed by atoms with Crippen LogP contribution in [-0.4, -0.2) is 20.7 Å². The van der Waals surface area contributed by atoms with Crippen LogP contribution in [0.5, 0.6) is 0 Å². The minimum Gasteiger partial charge on any atom is -0.304 e. The van der Waals surface area contributed by atoms with Gasteiger partial charge >= 0.3 is 0 Å². The highest BCUT2D eigenvalue weighted by atomic mass is 79.9. The largest absolute Gasteiger partial charge is 0.304 e. The molecular formula is C10H9BrN4O. The van der Waals surface area contributed by atoms with Crippen LogP contribution in [-0.2, 0) is 7.05 Å². The molecule has 0 fully saturated rings. The maximum atomic E-state index is 11.8. The van der Waals surface area contributed by atoms with Gasteiger partial charge in [-0.1, -0.05) is 0 Å². The lowest BCUT2D eigenvalue weighted by molar-refractivity contribution is 0.102. The Morgan fingerprint density at radius 3 is 2.94 bits per heavy atom. The van der Waals surface area contributed by atoms with E-state index in [9.17, 15) is 4.79 Å². The molecule has 2 aromatic heterocycles. The number of aromatic nitrogens is 3. The number of amides is 1. The van der Waals surface area contributed by atoms with E-state index in [2.05, 4.69) is 31.3 Å². The van der Waals surface area contributed by atoms with Gasteiger partial charge in [-0.25, -0.2) is 0 Å². The number of pyridine rings is 1. The molecule has 0 aliphatic carbocycles. The zero-order valence-electron chi connectivity index (χ0n) is 8.51. The van der Waals surface area contributed by atoms with E-state index in [4.69, 9.17) is 0 Å². The van der Waals surface area contributed by atoms with Gasteiger partial charge in [0, 0.05) is 25.6 Å². The Kier molecular flexibility index (Phi) is 3.00. The summed E-state index contributed by atoms with van der Waals surface area (Å²) >= 11 is 3.30. The van der Waals surface area contributed by atoms with Crippen molar-refractivity contribution >= 4 is 27.7 Å². The number of halogens is 1. The van der Waals surface area contributed by atoms with Crippen molar-refractivity contribution in [1.29, 1.82) is 0 Å². The third kappa shape index (κ3) is 2.27. The minimum absolute atomic E-state index is 0.229. The monoisotopic (exact) mass is 280 g/mol. The van der Waals surface area contributed by atoms with Gasteiger partial charge in [0.15, 0.2) is 5.82 Å². The summed E-state index contributed by atoms with van der Waals surface area (Å²) in [7, 11) is 1.78. The summed E-state index contributed by atoms with van der Waals surface area (Å²) in [6, 6.07) is 3.40. The molecule has 2 rings (SSSR count). The first-order valence-electron chi connectivity index (χ1n) is 4.57. The van der Waals surface area contributed by atoms with Crippen LogP contribution in [0.25, 0.3) is 0 Å². The van der Waals surface area contributed by atoms with Gasteiger partial charge in [0.2, 0.25) is 0 Å². The third-order valence-electron chi connectivity index (χ3n) is 1.94. The van der Waals surface area contributed by atoms with E-state index in [1.54, 1.807) is 36.3 Å². The molecule has 6 heteroatoms. The Balaban J connectivity index is 2.17. The lowest BCUT2D eigenvalue weighted by atomic mass is 10.3. The fraction of sp³-hybridized carbons (Fsp3) is 0.100. The van der Waals surface area contributed by atoms with Crippen molar-refractivity contribution < 1.29 is 4.79 Å². The molecule has 1 amide bonds. The number of carbonyl (C=O) groups excluding carboxylic acids is 1. The third-order valence-corrected chi connectivity index (χ3v) is 2.52. The molecule has 0 bridgehead atoms. The molecule has 0 aliphatic rings. The quantitative estimate of drug-likeness (QED) is 0.913. The predicted molar refractivity (Wildman–Crippen MR) is 63.1 cm³/mol. The average molecular weight is 281 g/mol. The molecule has 0 saturated heterocycles. The van der Waals surface area contributed by atoms with Crippen molar-refractivity contribution in [3.8, 4) is 0 Å². The molecule has 5 nitrogen and oxygen atoms in total. The Morgan fingerprint density at radius 1 is 1.56 bits per heavy atom. The molecule has 0 aliphatic heterocycles. The van der Waals surface area contributed by atoms with Crippen molar-refractivity contribution in [2.45, 2.75) is 0 Å². The maximum Gasteiger partial charge on any atom is 0.258 e. The molecule has 2 heterocycles. The highest BCUT2D eigenvalue weighted by Gasteiger charge is 2.10. The molecule has 1 N–H and O–H groups in total. The molecular weight excluding hydrogens is 272 g/mol. The smallest absolute Gasteiger partial charge is 0.258 e. The lowest BCUT2D eigenvalue weighted by Crippen LogP contribution is -2.12.